The first-order chi connectivity index (χ1) is 29.0. The van der Waals surface area contributed by atoms with Gasteiger partial charge in [-0.3, -0.25) is 0 Å². The highest BCUT2D eigenvalue weighted by molar-refractivity contribution is 7.18. The predicted molar refractivity (Wildman–Crippen MR) is 246 cm³/mol. The molecule has 2 N–H and O–H groups in total. The van der Waals surface area contributed by atoms with Crippen molar-refractivity contribution in [2.45, 2.75) is 84.6 Å². The highest BCUT2D eigenvalue weighted by Gasteiger charge is 2.33. The van der Waals surface area contributed by atoms with Gasteiger partial charge in [0.15, 0.2) is 0 Å². The van der Waals surface area contributed by atoms with E-state index in [1.165, 1.54) is 22.7 Å². The van der Waals surface area contributed by atoms with Crippen LogP contribution in [0.25, 0.3) is 21.1 Å². The fraction of sp³-hybridized carbons (Fsp3) is 0.356. The van der Waals surface area contributed by atoms with Gasteiger partial charge in [-0.25, -0.2) is 0 Å². The van der Waals surface area contributed by atoms with Gasteiger partial charge in [-0.1, -0.05) is 133 Å². The van der Waals surface area contributed by atoms with Crippen molar-refractivity contribution in [1.82, 2.24) is 20.4 Å². The van der Waals surface area contributed by atoms with Crippen molar-refractivity contribution in [3.63, 3.8) is 0 Å². The van der Waals surface area contributed by atoms with Crippen LogP contribution in [0, 0.1) is 25.2 Å². The normalized spacial score (nSPS) is 12.8. The molecule has 0 aliphatic rings. The minimum absolute atomic E-state index is 0.498. The number of hydrogen-bond donors (Lipinski definition) is 2. The monoisotopic (exact) mass is 903 g/mol. The van der Waals surface area contributed by atoms with Crippen LogP contribution >= 0.6 is 57.5 Å². The van der Waals surface area contributed by atoms with Crippen LogP contribution in [-0.2, 0) is 13.1 Å². The number of benzene rings is 4. The Labute approximate surface area is 375 Å². The zero-order chi connectivity index (χ0) is 42.8. The third-order valence-electron chi connectivity index (χ3n) is 10.2. The molecule has 0 bridgehead atoms. The number of unbranched alkanes of at least 4 members (excludes halogenated alkanes) is 2. The van der Waals surface area contributed by atoms with Gasteiger partial charge >= 0.3 is 0 Å². The van der Waals surface area contributed by atoms with E-state index in [0.29, 0.717) is 39.5 Å². The number of nitriles is 1. The second-order valence-electron chi connectivity index (χ2n) is 14.6. The van der Waals surface area contributed by atoms with E-state index in [2.05, 4.69) is 50.1 Å². The molecule has 0 radical (unpaired) electrons. The second kappa shape index (κ2) is 21.5. The van der Waals surface area contributed by atoms with Gasteiger partial charge in [0.25, 0.3) is 0 Å². The maximum absolute atomic E-state index is 11.1. The van der Waals surface area contributed by atoms with E-state index in [1.54, 1.807) is 0 Å². The molecule has 0 saturated heterocycles. The fourth-order valence-electron chi connectivity index (χ4n) is 6.85. The Balaban J connectivity index is 1.20. The molecule has 10 nitrogen and oxygen atoms in total. The molecule has 15 heteroatoms. The molecule has 6 rings (SSSR count). The van der Waals surface area contributed by atoms with Crippen LogP contribution in [-0.4, -0.2) is 62.5 Å². The summed E-state index contributed by atoms with van der Waals surface area (Å²) in [4.78, 5) is 4.36. The fourth-order valence-corrected chi connectivity index (χ4v) is 9.29. The van der Waals surface area contributed by atoms with Crippen molar-refractivity contribution < 1.29 is 14.9 Å². The largest absolute Gasteiger partial charge is 0.485 e. The van der Waals surface area contributed by atoms with Crippen molar-refractivity contribution in [2.24, 2.45) is 0 Å². The van der Waals surface area contributed by atoms with Gasteiger partial charge in [-0.2, -0.15) is 5.26 Å². The SMILES string of the molecule is CCCCN(Cc1ccccc1Cl)c1nnc(-c2cc(C)c(OC(C(O)CO)[C@H](C#N)c3ccc(-c4nnc(N(CCCC)Cc5c(Cl)cccc5Cl)s4)cc3)c(C)c2)s1. The van der Waals surface area contributed by atoms with Gasteiger partial charge in [0.05, 0.1) is 12.7 Å². The second-order valence-corrected chi connectivity index (χ2v) is 17.8. The maximum Gasteiger partial charge on any atom is 0.208 e. The standard InChI is InChI=1S/C45H48Cl3N7O3S2/c1-5-7-20-54(25-32-12-9-10-13-36(32)46)44-52-51-43(60-44)33-22-28(3)40(29(4)23-33)58-41(39(57)27-56)34(24-49)30-16-18-31(19-17-30)42-50-53-45(59-42)55(21-8-6-2)26-35-37(47)14-11-15-38(35)48/h9-19,22-23,34,39,41,56-57H,5-8,20-21,25-27H2,1-4H3/t34-,39?,41?/m1/s1. The number of aromatic nitrogens is 4. The average molecular weight is 905 g/mol. The molecular formula is C45H48Cl3N7O3S2. The number of anilines is 2. The lowest BCUT2D eigenvalue weighted by molar-refractivity contribution is -0.00651. The van der Waals surface area contributed by atoms with Crippen molar-refractivity contribution in [3.8, 4) is 33.0 Å². The average Bonchev–Trinajstić information content (AvgIpc) is 3.95. The van der Waals surface area contributed by atoms with Crippen LogP contribution in [0.15, 0.2) is 78.9 Å². The smallest absolute Gasteiger partial charge is 0.208 e. The summed E-state index contributed by atoms with van der Waals surface area (Å²) in [5, 5.41) is 54.8. The third-order valence-corrected chi connectivity index (χ3v) is 13.3. The Morgan fingerprint density at radius 1 is 0.733 bits per heavy atom. The Morgan fingerprint density at radius 2 is 1.28 bits per heavy atom. The lowest BCUT2D eigenvalue weighted by Crippen LogP contribution is -2.39. The highest BCUT2D eigenvalue weighted by atomic mass is 35.5. The van der Waals surface area contributed by atoms with E-state index < -0.39 is 24.7 Å². The highest BCUT2D eigenvalue weighted by Crippen LogP contribution is 2.38. The quantitative estimate of drug-likeness (QED) is 0.0763. The van der Waals surface area contributed by atoms with E-state index in [-0.39, 0.29) is 0 Å². The Kier molecular flexibility index (Phi) is 16.2. The summed E-state index contributed by atoms with van der Waals surface area (Å²) in [6, 6.07) is 27.0. The maximum atomic E-state index is 11.1. The molecule has 60 heavy (non-hydrogen) atoms. The molecule has 0 aliphatic carbocycles. The van der Waals surface area contributed by atoms with Crippen LogP contribution in [0.4, 0.5) is 10.3 Å². The summed E-state index contributed by atoms with van der Waals surface area (Å²) in [5.41, 5.74) is 5.77. The van der Waals surface area contributed by atoms with E-state index in [9.17, 15) is 15.5 Å². The van der Waals surface area contributed by atoms with Crippen LogP contribution in [0.2, 0.25) is 15.1 Å². The van der Waals surface area contributed by atoms with Gasteiger partial charge in [-0.15, -0.1) is 20.4 Å². The summed E-state index contributed by atoms with van der Waals surface area (Å²) >= 11 is 22.5. The molecule has 3 atom stereocenters. The summed E-state index contributed by atoms with van der Waals surface area (Å²) in [6.45, 7) is 10.2. The predicted octanol–water partition coefficient (Wildman–Crippen LogP) is 11.3. The molecule has 2 aromatic heterocycles. The number of hydrogen-bond acceptors (Lipinski definition) is 12. The molecule has 0 aliphatic heterocycles. The molecule has 0 saturated carbocycles. The summed E-state index contributed by atoms with van der Waals surface area (Å²) in [7, 11) is 0. The van der Waals surface area contributed by atoms with Gasteiger partial charge in [-0.05, 0) is 79.3 Å². The van der Waals surface area contributed by atoms with E-state index in [0.717, 1.165) is 92.4 Å². The third kappa shape index (κ3) is 10.9. The minimum Gasteiger partial charge on any atom is -0.485 e. The Hall–Kier alpha value is -4.32. The van der Waals surface area contributed by atoms with Crippen molar-refractivity contribution in [3.05, 3.63) is 122 Å². The van der Waals surface area contributed by atoms with Crippen molar-refractivity contribution >= 4 is 67.7 Å². The topological polar surface area (TPSA) is 132 Å². The zero-order valence-corrected chi connectivity index (χ0v) is 37.9. The zero-order valence-electron chi connectivity index (χ0n) is 34.0. The van der Waals surface area contributed by atoms with Gasteiger partial charge in [0.1, 0.15) is 33.9 Å². The van der Waals surface area contributed by atoms with Crippen LogP contribution in [0.1, 0.15) is 73.3 Å². The summed E-state index contributed by atoms with van der Waals surface area (Å²) < 4.78 is 6.50. The van der Waals surface area contributed by atoms with Crippen LogP contribution in [0.5, 0.6) is 5.75 Å². The first kappa shape index (κ1) is 45.2. The number of rotatable bonds is 20. The first-order valence-corrected chi connectivity index (χ1v) is 22.7. The van der Waals surface area contributed by atoms with Crippen molar-refractivity contribution in [1.29, 1.82) is 5.26 Å². The Bertz CT molecular complexity index is 2340. The van der Waals surface area contributed by atoms with E-state index >= 15 is 0 Å². The number of aliphatic hydroxyl groups excluding tert-OH is 2. The first-order valence-electron chi connectivity index (χ1n) is 19.9. The summed E-state index contributed by atoms with van der Waals surface area (Å²) in [5.74, 6) is -0.388. The Morgan fingerprint density at radius 3 is 1.83 bits per heavy atom. The minimum atomic E-state index is -1.34. The number of halogens is 3. The molecule has 0 fully saturated rings. The number of aryl methyl sites for hydroxylation is 2. The number of nitrogens with zero attached hydrogens (tertiary/aromatic N) is 7. The molecule has 0 spiro atoms. The molecule has 4 aromatic carbocycles. The molecule has 2 heterocycles. The molecular weight excluding hydrogens is 857 g/mol. The molecule has 0 amide bonds. The lowest BCUT2D eigenvalue weighted by atomic mass is 9.90. The molecule has 314 valence electrons. The van der Waals surface area contributed by atoms with E-state index in [4.69, 9.17) is 39.5 Å². The van der Waals surface area contributed by atoms with Gasteiger partial charge in [0.2, 0.25) is 10.3 Å². The van der Waals surface area contributed by atoms with Gasteiger partial charge in [0, 0.05) is 57.9 Å². The van der Waals surface area contributed by atoms with Crippen LogP contribution < -0.4 is 14.5 Å². The number of aliphatic hydroxyl groups is 2. The summed E-state index contributed by atoms with van der Waals surface area (Å²) in [6.07, 6.45) is 1.61. The van der Waals surface area contributed by atoms with Gasteiger partial charge < -0.3 is 24.7 Å². The van der Waals surface area contributed by atoms with Crippen molar-refractivity contribution in [2.75, 3.05) is 29.5 Å². The van der Waals surface area contributed by atoms with Crippen LogP contribution in [0.3, 0.4) is 0 Å². The molecule has 2 unspecified atom stereocenters. The number of ether oxygens (including phenoxy) is 1. The lowest BCUT2D eigenvalue weighted by Gasteiger charge is -2.29. The van der Waals surface area contributed by atoms with E-state index in [1.807, 2.05) is 92.7 Å². The molecule has 6 aromatic rings.